The number of rotatable bonds is 4. The zero-order valence-corrected chi connectivity index (χ0v) is 15.8. The molecule has 0 saturated carbocycles. The van der Waals surface area contributed by atoms with Crippen LogP contribution >= 0.6 is 23.4 Å². The van der Waals surface area contributed by atoms with Crippen LogP contribution in [0.15, 0.2) is 29.4 Å². The molecule has 1 saturated heterocycles. The Kier molecular flexibility index (Phi) is 4.84. The third kappa shape index (κ3) is 3.23. The molecular formula is C18H21ClN4OS. The fraction of sp³-hybridized carbons (Fsp3) is 0.500. The number of fused-ring (bicyclic) bond motifs is 1. The maximum absolute atomic E-state index is 13.0. The number of halogens is 1. The lowest BCUT2D eigenvalue weighted by Crippen LogP contribution is -2.41. The number of carbonyl (C=O) groups is 1. The Hall–Kier alpha value is -1.37. The van der Waals surface area contributed by atoms with Crippen molar-refractivity contribution in [2.75, 3.05) is 13.1 Å². The summed E-state index contributed by atoms with van der Waals surface area (Å²) in [6.45, 7) is 4.04. The van der Waals surface area contributed by atoms with Crippen molar-refractivity contribution in [3.8, 4) is 0 Å². The van der Waals surface area contributed by atoms with Crippen LogP contribution in [0.5, 0.6) is 0 Å². The molecule has 2 atom stereocenters. The van der Waals surface area contributed by atoms with Crippen LogP contribution < -0.4 is 0 Å². The van der Waals surface area contributed by atoms with Crippen LogP contribution in [0.2, 0.25) is 5.02 Å². The highest BCUT2D eigenvalue weighted by Gasteiger charge is 2.43. The van der Waals surface area contributed by atoms with Gasteiger partial charge in [-0.05, 0) is 43.6 Å². The summed E-state index contributed by atoms with van der Waals surface area (Å²) in [5, 5.41) is 5.60. The normalized spacial score (nSPS) is 22.2. The highest BCUT2D eigenvalue weighted by atomic mass is 35.5. The highest BCUT2D eigenvalue weighted by molar-refractivity contribution is 8.00. The van der Waals surface area contributed by atoms with Crippen LogP contribution in [0.3, 0.4) is 0 Å². The Morgan fingerprint density at radius 1 is 1.24 bits per heavy atom. The van der Waals surface area contributed by atoms with Gasteiger partial charge in [0.15, 0.2) is 11.0 Å². The number of aryl methyl sites for hydroxylation is 1. The smallest absolute Gasteiger partial charge is 0.264 e. The molecule has 0 radical (unpaired) electrons. The summed E-state index contributed by atoms with van der Waals surface area (Å²) >= 11 is 7.62. The molecule has 3 heterocycles. The number of thioether (sulfide) groups is 1. The summed E-state index contributed by atoms with van der Waals surface area (Å²) in [4.78, 5) is 20.0. The minimum atomic E-state index is -0.208. The number of hydrogen-bond acceptors (Lipinski definition) is 5. The van der Waals surface area contributed by atoms with Gasteiger partial charge in [-0.2, -0.15) is 4.68 Å². The molecule has 25 heavy (non-hydrogen) atoms. The van der Waals surface area contributed by atoms with Gasteiger partial charge in [0.25, 0.3) is 5.91 Å². The summed E-state index contributed by atoms with van der Waals surface area (Å²) in [6.07, 6.45) is 4.36. The van der Waals surface area contributed by atoms with Gasteiger partial charge in [-0.25, -0.2) is 4.98 Å². The molecule has 2 aromatic rings. The van der Waals surface area contributed by atoms with E-state index in [-0.39, 0.29) is 17.2 Å². The fourth-order valence-corrected chi connectivity index (χ4v) is 5.03. The van der Waals surface area contributed by atoms with Crippen molar-refractivity contribution in [2.24, 2.45) is 0 Å². The molecule has 4 rings (SSSR count). The predicted molar refractivity (Wildman–Crippen MR) is 99.3 cm³/mol. The first-order valence-electron chi connectivity index (χ1n) is 8.83. The third-order valence-electron chi connectivity index (χ3n) is 4.90. The molecule has 2 unspecified atom stereocenters. The molecule has 1 aromatic heterocycles. The Labute approximate surface area is 156 Å². The first-order chi connectivity index (χ1) is 12.2. The summed E-state index contributed by atoms with van der Waals surface area (Å²) in [5.41, 5.74) is 1.14. The molecule has 0 spiro atoms. The van der Waals surface area contributed by atoms with Gasteiger partial charge in [0.1, 0.15) is 5.25 Å². The molecule has 2 aliphatic heterocycles. The van der Waals surface area contributed by atoms with E-state index in [0.29, 0.717) is 5.02 Å². The quantitative estimate of drug-likeness (QED) is 0.811. The van der Waals surface area contributed by atoms with Gasteiger partial charge in [0, 0.05) is 11.4 Å². The van der Waals surface area contributed by atoms with Crippen molar-refractivity contribution in [2.45, 2.75) is 49.1 Å². The minimum Gasteiger partial charge on any atom is -0.295 e. The van der Waals surface area contributed by atoms with Crippen molar-refractivity contribution < 1.29 is 4.79 Å². The second kappa shape index (κ2) is 7.09. The largest absolute Gasteiger partial charge is 0.295 e. The van der Waals surface area contributed by atoms with E-state index in [9.17, 15) is 4.79 Å². The minimum absolute atomic E-state index is 0.0312. The van der Waals surface area contributed by atoms with Gasteiger partial charge in [-0.15, -0.1) is 5.10 Å². The van der Waals surface area contributed by atoms with Gasteiger partial charge in [-0.3, -0.25) is 9.69 Å². The molecular weight excluding hydrogens is 356 g/mol. The summed E-state index contributed by atoms with van der Waals surface area (Å²) in [6, 6.07) is 7.93. The lowest BCUT2D eigenvalue weighted by atomic mass is 9.98. The van der Waals surface area contributed by atoms with E-state index < -0.39 is 0 Å². The standard InChI is InChI=1S/C18H21ClN4OS/c1-2-14-20-18-23(21-14)17(24)16(25-18)15(22-10-4-3-5-11-22)12-6-8-13(19)9-7-12/h6-9,15-16H,2-5,10-11H2,1H3. The summed E-state index contributed by atoms with van der Waals surface area (Å²) in [5.74, 6) is 0.771. The van der Waals surface area contributed by atoms with Crippen LogP contribution in [0.25, 0.3) is 0 Å². The van der Waals surface area contributed by atoms with Gasteiger partial charge >= 0.3 is 0 Å². The van der Waals surface area contributed by atoms with Crippen molar-refractivity contribution in [1.82, 2.24) is 19.7 Å². The van der Waals surface area contributed by atoms with Crippen LogP contribution in [0, 0.1) is 0 Å². The molecule has 1 aromatic carbocycles. The maximum atomic E-state index is 13.0. The van der Waals surface area contributed by atoms with E-state index in [1.165, 1.54) is 23.9 Å². The number of piperidine rings is 1. The third-order valence-corrected chi connectivity index (χ3v) is 6.34. The zero-order chi connectivity index (χ0) is 17.4. The molecule has 132 valence electrons. The molecule has 0 bridgehead atoms. The molecule has 1 fully saturated rings. The molecule has 0 N–H and O–H groups in total. The molecule has 7 heteroatoms. The zero-order valence-electron chi connectivity index (χ0n) is 14.2. The first kappa shape index (κ1) is 17.1. The fourth-order valence-electron chi connectivity index (χ4n) is 3.63. The van der Waals surface area contributed by atoms with Crippen molar-refractivity contribution in [1.29, 1.82) is 0 Å². The van der Waals surface area contributed by atoms with Crippen LogP contribution in [0.4, 0.5) is 0 Å². The van der Waals surface area contributed by atoms with Gasteiger partial charge in [0.05, 0.1) is 6.04 Å². The Balaban J connectivity index is 1.67. The molecule has 0 amide bonds. The van der Waals surface area contributed by atoms with Crippen molar-refractivity contribution in [3.05, 3.63) is 40.7 Å². The molecule has 0 aliphatic carbocycles. The number of likely N-dealkylation sites (tertiary alicyclic amines) is 1. The topological polar surface area (TPSA) is 51.0 Å². The van der Waals surface area contributed by atoms with Crippen LogP contribution in [0.1, 0.15) is 48.4 Å². The van der Waals surface area contributed by atoms with E-state index in [4.69, 9.17) is 11.6 Å². The van der Waals surface area contributed by atoms with Gasteiger partial charge in [0.2, 0.25) is 0 Å². The number of hydrogen-bond donors (Lipinski definition) is 0. The van der Waals surface area contributed by atoms with E-state index >= 15 is 0 Å². The number of aromatic nitrogens is 3. The summed E-state index contributed by atoms with van der Waals surface area (Å²) in [7, 11) is 0. The molecule has 5 nitrogen and oxygen atoms in total. The lowest BCUT2D eigenvalue weighted by molar-refractivity contribution is 0.0818. The average molecular weight is 377 g/mol. The maximum Gasteiger partial charge on any atom is 0.264 e. The Morgan fingerprint density at radius 3 is 2.60 bits per heavy atom. The van der Waals surface area contributed by atoms with Crippen molar-refractivity contribution in [3.63, 3.8) is 0 Å². The second-order valence-corrected chi connectivity index (χ2v) is 8.09. The number of carbonyl (C=O) groups excluding carboxylic acids is 1. The Morgan fingerprint density at radius 2 is 1.96 bits per heavy atom. The Bertz CT molecular complexity index is 770. The van der Waals surface area contributed by atoms with E-state index in [1.54, 1.807) is 11.8 Å². The van der Waals surface area contributed by atoms with E-state index in [1.807, 2.05) is 31.2 Å². The van der Waals surface area contributed by atoms with Crippen molar-refractivity contribution >= 4 is 29.3 Å². The predicted octanol–water partition coefficient (Wildman–Crippen LogP) is 3.84. The average Bonchev–Trinajstić information content (AvgIpc) is 3.18. The van der Waals surface area contributed by atoms with Crippen LogP contribution in [-0.4, -0.2) is 43.9 Å². The molecule has 2 aliphatic rings. The second-order valence-electron chi connectivity index (χ2n) is 6.55. The number of benzene rings is 1. The van der Waals surface area contributed by atoms with Gasteiger partial charge < -0.3 is 0 Å². The van der Waals surface area contributed by atoms with E-state index in [2.05, 4.69) is 15.0 Å². The lowest BCUT2D eigenvalue weighted by Gasteiger charge is -2.37. The SMILES string of the molecule is CCc1nc2n(n1)C(=O)C(C(c1ccc(Cl)cc1)N1CCCCC1)S2. The van der Waals surface area contributed by atoms with E-state index in [0.717, 1.165) is 36.1 Å². The van der Waals surface area contributed by atoms with Crippen LogP contribution in [-0.2, 0) is 6.42 Å². The number of nitrogens with zero attached hydrogens (tertiary/aromatic N) is 4. The first-order valence-corrected chi connectivity index (χ1v) is 10.1. The monoisotopic (exact) mass is 376 g/mol. The summed E-state index contributed by atoms with van der Waals surface area (Å²) < 4.78 is 1.50. The van der Waals surface area contributed by atoms with Gasteiger partial charge in [-0.1, -0.05) is 48.8 Å². The highest BCUT2D eigenvalue weighted by Crippen LogP contribution is 2.41.